The fourth-order valence-electron chi connectivity index (χ4n) is 4.68. The van der Waals surface area contributed by atoms with Gasteiger partial charge in [-0.15, -0.1) is 0 Å². The fraction of sp³-hybridized carbons (Fsp3) is 0.480. The van der Waals surface area contributed by atoms with Gasteiger partial charge in [0.1, 0.15) is 0 Å². The molecule has 2 amide bonds. The van der Waals surface area contributed by atoms with Crippen molar-refractivity contribution in [3.05, 3.63) is 53.7 Å². The van der Waals surface area contributed by atoms with E-state index in [1.165, 1.54) is 19.3 Å². The van der Waals surface area contributed by atoms with Crippen molar-refractivity contribution < 1.29 is 14.3 Å². The quantitative estimate of drug-likeness (QED) is 0.722. The highest BCUT2D eigenvalue weighted by Crippen LogP contribution is 2.32. The molecule has 168 valence electrons. The van der Waals surface area contributed by atoms with Crippen LogP contribution in [0.3, 0.4) is 0 Å². The van der Waals surface area contributed by atoms with E-state index in [9.17, 15) is 9.59 Å². The van der Waals surface area contributed by atoms with Crippen molar-refractivity contribution in [3.8, 4) is 0 Å². The van der Waals surface area contributed by atoms with E-state index in [2.05, 4.69) is 10.3 Å². The molecule has 3 aliphatic rings. The van der Waals surface area contributed by atoms with Gasteiger partial charge in [-0.2, -0.15) is 0 Å². The van der Waals surface area contributed by atoms with Gasteiger partial charge in [0.2, 0.25) is 5.91 Å². The van der Waals surface area contributed by atoms with E-state index in [0.29, 0.717) is 36.1 Å². The summed E-state index contributed by atoms with van der Waals surface area (Å²) in [5.74, 6) is 1.16. The highest BCUT2D eigenvalue weighted by molar-refractivity contribution is 6.04. The number of carbonyl (C=O) groups excluding carboxylic acids is 2. The molecule has 1 saturated carbocycles. The van der Waals surface area contributed by atoms with E-state index < -0.39 is 0 Å². The van der Waals surface area contributed by atoms with Gasteiger partial charge in [-0.25, -0.2) is 4.98 Å². The Labute approximate surface area is 188 Å². The number of aromatic nitrogens is 1. The van der Waals surface area contributed by atoms with E-state index in [-0.39, 0.29) is 24.5 Å². The zero-order valence-corrected chi connectivity index (χ0v) is 18.3. The number of anilines is 2. The van der Waals surface area contributed by atoms with E-state index in [1.807, 2.05) is 41.3 Å². The van der Waals surface area contributed by atoms with Gasteiger partial charge < -0.3 is 19.9 Å². The number of ether oxygens (including phenoxy) is 1. The lowest BCUT2D eigenvalue weighted by atomic mass is 9.85. The Bertz CT molecular complexity index is 970. The molecule has 0 bridgehead atoms. The standard InChI is InChI=1S/C25H30N4O3/c30-23-14-27-24-22(29(23)16-19-6-2-1-3-7-19)12-20(13-26-24)25(31)28(15-18-8-4-9-18)17-21-10-5-11-32-21/h1-3,6-7,12-13,18,21H,4-5,8-11,14-17H2,(H,26,27). The van der Waals surface area contributed by atoms with Crippen LogP contribution in [0.1, 0.15) is 48.0 Å². The van der Waals surface area contributed by atoms with E-state index in [0.717, 1.165) is 31.6 Å². The zero-order valence-electron chi connectivity index (χ0n) is 18.3. The number of carbonyl (C=O) groups is 2. The summed E-state index contributed by atoms with van der Waals surface area (Å²) in [6, 6.07) is 11.7. The number of rotatable bonds is 7. The van der Waals surface area contributed by atoms with Gasteiger partial charge in [0.15, 0.2) is 5.82 Å². The summed E-state index contributed by atoms with van der Waals surface area (Å²) >= 11 is 0. The smallest absolute Gasteiger partial charge is 0.255 e. The van der Waals surface area contributed by atoms with E-state index in [1.54, 1.807) is 11.1 Å². The van der Waals surface area contributed by atoms with Gasteiger partial charge in [0.25, 0.3) is 5.91 Å². The molecule has 1 atom stereocenters. The van der Waals surface area contributed by atoms with Crippen molar-refractivity contribution in [2.75, 3.05) is 36.5 Å². The molecule has 0 spiro atoms. The van der Waals surface area contributed by atoms with Crippen LogP contribution in [-0.4, -0.2) is 54.0 Å². The van der Waals surface area contributed by atoms with Crippen LogP contribution < -0.4 is 10.2 Å². The summed E-state index contributed by atoms with van der Waals surface area (Å²) in [6.45, 7) is 2.82. The first-order chi connectivity index (χ1) is 15.7. The molecule has 0 radical (unpaired) electrons. The molecule has 7 heteroatoms. The second-order valence-corrected chi connectivity index (χ2v) is 9.05. The second-order valence-electron chi connectivity index (χ2n) is 9.05. The topological polar surface area (TPSA) is 74.8 Å². The number of hydrogen-bond donors (Lipinski definition) is 1. The van der Waals surface area contributed by atoms with Crippen molar-refractivity contribution in [1.29, 1.82) is 0 Å². The maximum atomic E-state index is 13.5. The monoisotopic (exact) mass is 434 g/mol. The SMILES string of the molecule is O=C(c1cnc2c(c1)N(Cc1ccccc1)C(=O)CN2)N(CC1CCC1)CC1CCCO1. The molecule has 2 aliphatic heterocycles. The van der Waals surface area contributed by atoms with Crippen LogP contribution >= 0.6 is 0 Å². The van der Waals surface area contributed by atoms with Gasteiger partial charge in [-0.3, -0.25) is 9.59 Å². The Balaban J connectivity index is 1.40. The average molecular weight is 435 g/mol. The van der Waals surface area contributed by atoms with Crippen LogP contribution in [0.25, 0.3) is 0 Å². The van der Waals surface area contributed by atoms with Crippen LogP contribution in [0.5, 0.6) is 0 Å². The van der Waals surface area contributed by atoms with Crippen LogP contribution in [0, 0.1) is 5.92 Å². The first kappa shape index (κ1) is 20.9. The lowest BCUT2D eigenvalue weighted by Crippen LogP contribution is -2.42. The van der Waals surface area contributed by atoms with Gasteiger partial charge >= 0.3 is 0 Å². The summed E-state index contributed by atoms with van der Waals surface area (Å²) in [5, 5.41) is 3.09. The molecule has 2 aromatic rings. The molecule has 1 saturated heterocycles. The minimum Gasteiger partial charge on any atom is -0.376 e. The molecule has 1 aromatic heterocycles. The van der Waals surface area contributed by atoms with E-state index in [4.69, 9.17) is 4.74 Å². The molecule has 5 rings (SSSR count). The fourth-order valence-corrected chi connectivity index (χ4v) is 4.68. The maximum absolute atomic E-state index is 13.5. The Morgan fingerprint density at radius 2 is 2.00 bits per heavy atom. The van der Waals surface area contributed by atoms with Crippen LogP contribution in [0.2, 0.25) is 0 Å². The number of fused-ring (bicyclic) bond motifs is 1. The summed E-state index contributed by atoms with van der Waals surface area (Å²) in [7, 11) is 0. The first-order valence-corrected chi connectivity index (χ1v) is 11.7. The van der Waals surface area contributed by atoms with Crippen molar-refractivity contribution in [3.63, 3.8) is 0 Å². The van der Waals surface area contributed by atoms with Crippen molar-refractivity contribution in [2.45, 2.75) is 44.8 Å². The van der Waals surface area contributed by atoms with Crippen LogP contribution in [-0.2, 0) is 16.1 Å². The Kier molecular flexibility index (Phi) is 6.08. The van der Waals surface area contributed by atoms with Gasteiger partial charge in [0, 0.05) is 25.9 Å². The predicted octanol–water partition coefficient (Wildman–Crippen LogP) is 3.46. The third-order valence-electron chi connectivity index (χ3n) is 6.74. The number of benzene rings is 1. The van der Waals surface area contributed by atoms with Gasteiger partial charge in [-0.05, 0) is 43.2 Å². The third-order valence-corrected chi connectivity index (χ3v) is 6.74. The highest BCUT2D eigenvalue weighted by atomic mass is 16.5. The summed E-state index contributed by atoms with van der Waals surface area (Å²) in [5.41, 5.74) is 2.22. The molecular formula is C25H30N4O3. The molecule has 2 fully saturated rings. The summed E-state index contributed by atoms with van der Waals surface area (Å²) in [6.07, 6.45) is 7.41. The molecule has 1 aliphatic carbocycles. The summed E-state index contributed by atoms with van der Waals surface area (Å²) in [4.78, 5) is 34.5. The third kappa shape index (κ3) is 4.48. The van der Waals surface area contributed by atoms with Crippen molar-refractivity contribution in [1.82, 2.24) is 9.88 Å². The molecule has 1 unspecified atom stereocenters. The number of amides is 2. The number of hydrogen-bond acceptors (Lipinski definition) is 5. The van der Waals surface area contributed by atoms with Gasteiger partial charge in [-0.1, -0.05) is 36.8 Å². The van der Waals surface area contributed by atoms with E-state index >= 15 is 0 Å². The summed E-state index contributed by atoms with van der Waals surface area (Å²) < 4.78 is 5.82. The van der Waals surface area contributed by atoms with Crippen molar-refractivity contribution >= 4 is 23.3 Å². The second kappa shape index (κ2) is 9.28. The molecule has 1 N–H and O–H groups in total. The average Bonchev–Trinajstić information content (AvgIpc) is 3.30. The Morgan fingerprint density at radius 3 is 2.72 bits per heavy atom. The Morgan fingerprint density at radius 1 is 1.16 bits per heavy atom. The molecule has 3 heterocycles. The number of nitrogens with zero attached hydrogens (tertiary/aromatic N) is 3. The van der Waals surface area contributed by atoms with Gasteiger partial charge in [0.05, 0.1) is 30.4 Å². The minimum atomic E-state index is -0.0292. The predicted molar refractivity (Wildman–Crippen MR) is 123 cm³/mol. The normalized spacial score (nSPS) is 20.4. The molecule has 1 aromatic carbocycles. The highest BCUT2D eigenvalue weighted by Gasteiger charge is 2.30. The lowest BCUT2D eigenvalue weighted by Gasteiger charge is -2.34. The first-order valence-electron chi connectivity index (χ1n) is 11.7. The minimum absolute atomic E-state index is 0.0274. The maximum Gasteiger partial charge on any atom is 0.255 e. The Hall–Kier alpha value is -2.93. The zero-order chi connectivity index (χ0) is 21.9. The molecular weight excluding hydrogens is 404 g/mol. The molecule has 7 nitrogen and oxygen atoms in total. The molecule has 32 heavy (non-hydrogen) atoms. The van der Waals surface area contributed by atoms with Crippen LogP contribution in [0.4, 0.5) is 11.5 Å². The lowest BCUT2D eigenvalue weighted by molar-refractivity contribution is -0.117. The number of nitrogens with one attached hydrogen (secondary N) is 1. The van der Waals surface area contributed by atoms with Crippen molar-refractivity contribution in [2.24, 2.45) is 5.92 Å². The largest absolute Gasteiger partial charge is 0.376 e. The van der Waals surface area contributed by atoms with Crippen LogP contribution in [0.15, 0.2) is 42.6 Å². The number of pyridine rings is 1.